The molecule has 1 aliphatic heterocycles. The molecule has 0 aliphatic carbocycles. The molecule has 0 saturated carbocycles. The van der Waals surface area contributed by atoms with E-state index < -0.39 is 24.3 Å². The van der Waals surface area contributed by atoms with Crippen LogP contribution in [0.4, 0.5) is 0 Å². The first-order chi connectivity index (χ1) is 7.00. The summed E-state index contributed by atoms with van der Waals surface area (Å²) < 4.78 is 5.02. The number of carboxylic acid groups (broad SMARTS) is 1. The van der Waals surface area contributed by atoms with E-state index >= 15 is 0 Å². The second-order valence-electron chi connectivity index (χ2n) is 3.62. The minimum Gasteiger partial charge on any atom is -0.479 e. The van der Waals surface area contributed by atoms with E-state index in [4.69, 9.17) is 14.9 Å². The highest BCUT2D eigenvalue weighted by Crippen LogP contribution is 2.19. The quantitative estimate of drug-likeness (QED) is 0.568. The van der Waals surface area contributed by atoms with E-state index in [2.05, 4.69) is 5.32 Å². The number of aliphatic carboxylic acids is 1. The van der Waals surface area contributed by atoms with Crippen molar-refractivity contribution < 1.29 is 24.5 Å². The van der Waals surface area contributed by atoms with E-state index in [0.29, 0.717) is 12.8 Å². The number of rotatable bonds is 4. The van der Waals surface area contributed by atoms with E-state index in [1.54, 1.807) is 6.92 Å². The summed E-state index contributed by atoms with van der Waals surface area (Å²) >= 11 is 0. The molecule has 0 aromatic carbocycles. The van der Waals surface area contributed by atoms with Crippen LogP contribution in [0.5, 0.6) is 0 Å². The summed E-state index contributed by atoms with van der Waals surface area (Å²) in [6.07, 6.45) is -1.45. The zero-order valence-electron chi connectivity index (χ0n) is 8.47. The molecule has 1 saturated heterocycles. The van der Waals surface area contributed by atoms with Crippen molar-refractivity contribution in [3.8, 4) is 0 Å². The van der Waals surface area contributed by atoms with Gasteiger partial charge in [0.25, 0.3) is 0 Å². The average Bonchev–Trinajstić information content (AvgIpc) is 2.62. The molecule has 6 nitrogen and oxygen atoms in total. The monoisotopic (exact) mass is 217 g/mol. The van der Waals surface area contributed by atoms with E-state index in [0.717, 1.165) is 0 Å². The number of carbonyl (C=O) groups is 2. The van der Waals surface area contributed by atoms with Crippen LogP contribution >= 0.6 is 0 Å². The van der Waals surface area contributed by atoms with E-state index in [1.165, 1.54) is 0 Å². The highest BCUT2D eigenvalue weighted by atomic mass is 16.5. The molecule has 6 heteroatoms. The lowest BCUT2D eigenvalue weighted by Gasteiger charge is -2.12. The van der Waals surface area contributed by atoms with Gasteiger partial charge in [-0.15, -0.1) is 0 Å². The van der Waals surface area contributed by atoms with Gasteiger partial charge in [0.05, 0.1) is 6.10 Å². The van der Waals surface area contributed by atoms with Crippen LogP contribution in [-0.2, 0) is 14.3 Å². The number of ether oxygens (including phenoxy) is 1. The van der Waals surface area contributed by atoms with Crippen molar-refractivity contribution >= 4 is 11.9 Å². The number of carbonyl (C=O) groups excluding carboxylic acids is 1. The molecule has 86 valence electrons. The van der Waals surface area contributed by atoms with E-state index in [-0.39, 0.29) is 12.5 Å². The summed E-state index contributed by atoms with van der Waals surface area (Å²) in [6.45, 7) is 1.70. The Hall–Kier alpha value is -1.14. The molecule has 0 aromatic rings. The van der Waals surface area contributed by atoms with Crippen LogP contribution in [0.15, 0.2) is 0 Å². The predicted molar refractivity (Wildman–Crippen MR) is 50.2 cm³/mol. The molecular formula is C9H15NO5. The van der Waals surface area contributed by atoms with Gasteiger partial charge >= 0.3 is 5.97 Å². The molecule has 1 heterocycles. The number of aliphatic hydroxyl groups excluding tert-OH is 1. The van der Waals surface area contributed by atoms with Crippen LogP contribution < -0.4 is 5.32 Å². The maximum absolute atomic E-state index is 11.4. The summed E-state index contributed by atoms with van der Waals surface area (Å²) in [5.41, 5.74) is 0. The molecule has 0 bridgehead atoms. The van der Waals surface area contributed by atoms with Crippen LogP contribution in [0, 0.1) is 0 Å². The standard InChI is InChI=1S/C9H15NO5/c1-5(11)4-10-8(12)6-2-3-7(15-6)9(13)14/h5-7,11H,2-4H2,1H3,(H,10,12)(H,13,14)/t5-,6-,7+/m0/s1. The van der Waals surface area contributed by atoms with Crippen molar-refractivity contribution in [1.29, 1.82) is 0 Å². The van der Waals surface area contributed by atoms with Crippen LogP contribution in [0.2, 0.25) is 0 Å². The van der Waals surface area contributed by atoms with Crippen molar-refractivity contribution in [2.75, 3.05) is 6.54 Å². The maximum Gasteiger partial charge on any atom is 0.332 e. The molecule has 1 fully saturated rings. The van der Waals surface area contributed by atoms with Gasteiger partial charge in [0.2, 0.25) is 5.91 Å². The van der Waals surface area contributed by atoms with Gasteiger partial charge in [0, 0.05) is 6.54 Å². The fourth-order valence-electron chi connectivity index (χ4n) is 1.37. The molecule has 1 aliphatic rings. The summed E-state index contributed by atoms with van der Waals surface area (Å²) in [5, 5.41) is 20.0. The van der Waals surface area contributed by atoms with Gasteiger partial charge in [-0.3, -0.25) is 4.79 Å². The van der Waals surface area contributed by atoms with Crippen molar-refractivity contribution in [2.24, 2.45) is 0 Å². The van der Waals surface area contributed by atoms with Gasteiger partial charge in [-0.1, -0.05) is 0 Å². The van der Waals surface area contributed by atoms with Crippen LogP contribution in [-0.4, -0.2) is 46.9 Å². The van der Waals surface area contributed by atoms with Crippen molar-refractivity contribution in [1.82, 2.24) is 5.32 Å². The van der Waals surface area contributed by atoms with Gasteiger partial charge in [-0.2, -0.15) is 0 Å². The normalized spacial score (nSPS) is 27.3. The lowest BCUT2D eigenvalue weighted by atomic mass is 10.2. The van der Waals surface area contributed by atoms with Crippen LogP contribution in [0.1, 0.15) is 19.8 Å². The number of hydrogen-bond donors (Lipinski definition) is 3. The third kappa shape index (κ3) is 3.49. The third-order valence-electron chi connectivity index (χ3n) is 2.16. The Kier molecular flexibility index (Phi) is 4.05. The van der Waals surface area contributed by atoms with Gasteiger partial charge in [-0.25, -0.2) is 4.79 Å². The van der Waals surface area contributed by atoms with E-state index in [1.807, 2.05) is 0 Å². The average molecular weight is 217 g/mol. The van der Waals surface area contributed by atoms with Crippen LogP contribution in [0.3, 0.4) is 0 Å². The van der Waals surface area contributed by atoms with E-state index in [9.17, 15) is 9.59 Å². The largest absolute Gasteiger partial charge is 0.479 e. The fourth-order valence-corrected chi connectivity index (χ4v) is 1.37. The smallest absolute Gasteiger partial charge is 0.332 e. The topological polar surface area (TPSA) is 95.9 Å². The van der Waals surface area contributed by atoms with Gasteiger partial charge in [0.15, 0.2) is 6.10 Å². The number of carboxylic acids is 1. The number of aliphatic hydroxyl groups is 1. The van der Waals surface area contributed by atoms with Gasteiger partial charge < -0.3 is 20.3 Å². The number of nitrogens with one attached hydrogen (secondary N) is 1. The first-order valence-electron chi connectivity index (χ1n) is 4.84. The lowest BCUT2D eigenvalue weighted by Crippen LogP contribution is -2.38. The molecule has 15 heavy (non-hydrogen) atoms. The predicted octanol–water partition coefficient (Wildman–Crippen LogP) is -0.884. The molecule has 0 unspecified atom stereocenters. The Morgan fingerprint density at radius 2 is 2.07 bits per heavy atom. The molecule has 0 aromatic heterocycles. The maximum atomic E-state index is 11.4. The first kappa shape index (κ1) is 11.9. The molecular weight excluding hydrogens is 202 g/mol. The Morgan fingerprint density at radius 1 is 1.47 bits per heavy atom. The van der Waals surface area contributed by atoms with Gasteiger partial charge in [0.1, 0.15) is 6.10 Å². The molecule has 0 spiro atoms. The third-order valence-corrected chi connectivity index (χ3v) is 2.16. The zero-order valence-corrected chi connectivity index (χ0v) is 8.47. The Labute approximate surface area is 87.2 Å². The number of amides is 1. The van der Waals surface area contributed by atoms with Gasteiger partial charge in [-0.05, 0) is 19.8 Å². The zero-order chi connectivity index (χ0) is 11.4. The summed E-state index contributed by atoms with van der Waals surface area (Å²) in [5.74, 6) is -1.40. The molecule has 1 rings (SSSR count). The van der Waals surface area contributed by atoms with Crippen molar-refractivity contribution in [3.63, 3.8) is 0 Å². The SMILES string of the molecule is C[C@H](O)CNC(=O)[C@@H]1CC[C@H](C(=O)O)O1. The minimum atomic E-state index is -1.04. The number of hydrogen-bond acceptors (Lipinski definition) is 4. The summed E-state index contributed by atoms with van der Waals surface area (Å²) in [7, 11) is 0. The minimum absolute atomic E-state index is 0.149. The molecule has 3 atom stereocenters. The van der Waals surface area contributed by atoms with Crippen molar-refractivity contribution in [2.45, 2.75) is 38.1 Å². The Bertz CT molecular complexity index is 253. The fraction of sp³-hybridized carbons (Fsp3) is 0.778. The second-order valence-corrected chi connectivity index (χ2v) is 3.62. The molecule has 3 N–H and O–H groups in total. The first-order valence-corrected chi connectivity index (χ1v) is 4.84. The lowest BCUT2D eigenvalue weighted by molar-refractivity contribution is -0.151. The Morgan fingerprint density at radius 3 is 2.53 bits per heavy atom. The molecule has 0 radical (unpaired) electrons. The van der Waals surface area contributed by atoms with Crippen molar-refractivity contribution in [3.05, 3.63) is 0 Å². The summed E-state index contributed by atoms with van der Waals surface area (Å²) in [6, 6.07) is 0. The van der Waals surface area contributed by atoms with Crippen LogP contribution in [0.25, 0.3) is 0 Å². The Balaban J connectivity index is 2.33. The highest BCUT2D eigenvalue weighted by molar-refractivity contribution is 5.82. The second kappa shape index (κ2) is 5.09. The highest BCUT2D eigenvalue weighted by Gasteiger charge is 2.34. The molecule has 1 amide bonds. The summed E-state index contributed by atoms with van der Waals surface area (Å²) in [4.78, 5) is 21.9.